The van der Waals surface area contributed by atoms with Gasteiger partial charge in [0.25, 0.3) is 0 Å². The van der Waals surface area contributed by atoms with Gasteiger partial charge in [0.2, 0.25) is 0 Å². The van der Waals surface area contributed by atoms with Gasteiger partial charge in [-0.15, -0.1) is 0 Å². The van der Waals surface area contributed by atoms with Gasteiger partial charge in [-0.25, -0.2) is 0 Å². The fraction of sp³-hybridized carbons (Fsp3) is 0.154. The summed E-state index contributed by atoms with van der Waals surface area (Å²) in [5.41, 5.74) is 5.13. The van der Waals surface area contributed by atoms with E-state index in [9.17, 15) is 5.11 Å². The van der Waals surface area contributed by atoms with E-state index in [0.717, 1.165) is 28.5 Å². The molecule has 0 spiro atoms. The normalized spacial score (nSPS) is 17.8. The van der Waals surface area contributed by atoms with Crippen LogP contribution in [0.25, 0.3) is 5.69 Å². The second-order valence-corrected chi connectivity index (χ2v) is 8.61. The van der Waals surface area contributed by atoms with E-state index in [1.165, 1.54) is 0 Å². The third-order valence-electron chi connectivity index (χ3n) is 5.95. The van der Waals surface area contributed by atoms with Crippen LogP contribution in [-0.4, -0.2) is 33.9 Å². The third kappa shape index (κ3) is 3.91. The Morgan fingerprint density at radius 2 is 1.64 bits per heavy atom. The number of phenolic OH excluding ortho intramolecular Hbond substituents is 1. The molecule has 2 atom stereocenters. The van der Waals surface area contributed by atoms with Crippen LogP contribution in [0.1, 0.15) is 23.5 Å². The number of hydrogen-bond donors (Lipinski definition) is 2. The summed E-state index contributed by atoms with van der Waals surface area (Å²) in [7, 11) is 4.07. The van der Waals surface area contributed by atoms with Crippen molar-refractivity contribution in [3.63, 3.8) is 0 Å². The second-order valence-electron chi connectivity index (χ2n) is 8.23. The SMILES string of the molecule is CN(C)c1ccc(-n2cccc2C2C(c3ccccn3)NC(=S)N2c2ccc(O)cc2)cc1. The summed E-state index contributed by atoms with van der Waals surface area (Å²) in [4.78, 5) is 8.82. The minimum absolute atomic E-state index is 0.137. The molecule has 2 unspecified atom stereocenters. The maximum absolute atomic E-state index is 9.81. The Hall–Kier alpha value is -3.84. The lowest BCUT2D eigenvalue weighted by Crippen LogP contribution is -2.30. The van der Waals surface area contributed by atoms with Gasteiger partial charge in [0.1, 0.15) is 11.8 Å². The number of nitrogens with one attached hydrogen (secondary N) is 1. The van der Waals surface area contributed by atoms with Crippen molar-refractivity contribution in [1.29, 1.82) is 0 Å². The fourth-order valence-electron chi connectivity index (χ4n) is 4.33. The fourth-order valence-corrected chi connectivity index (χ4v) is 4.67. The van der Waals surface area contributed by atoms with E-state index >= 15 is 0 Å². The number of phenols is 1. The first-order valence-electron chi connectivity index (χ1n) is 10.8. The van der Waals surface area contributed by atoms with Gasteiger partial charge in [-0.05, 0) is 85.0 Å². The van der Waals surface area contributed by atoms with Crippen molar-refractivity contribution in [2.75, 3.05) is 23.9 Å². The summed E-state index contributed by atoms with van der Waals surface area (Å²) in [6.07, 6.45) is 3.88. The maximum Gasteiger partial charge on any atom is 0.174 e. The number of aromatic nitrogens is 2. The number of pyridine rings is 1. The minimum atomic E-state index is -0.138. The van der Waals surface area contributed by atoms with E-state index in [2.05, 4.69) is 67.3 Å². The van der Waals surface area contributed by atoms with Crippen LogP contribution in [0.5, 0.6) is 5.75 Å². The first-order chi connectivity index (χ1) is 16.0. The molecule has 7 heteroatoms. The van der Waals surface area contributed by atoms with Crippen molar-refractivity contribution in [3.05, 3.63) is 103 Å². The average molecular weight is 456 g/mol. The smallest absolute Gasteiger partial charge is 0.174 e. The Morgan fingerprint density at radius 3 is 2.30 bits per heavy atom. The van der Waals surface area contributed by atoms with Crippen LogP contribution in [0, 0.1) is 0 Å². The number of rotatable bonds is 5. The van der Waals surface area contributed by atoms with Gasteiger partial charge in [-0.3, -0.25) is 4.98 Å². The van der Waals surface area contributed by atoms with Crippen LogP contribution in [0.4, 0.5) is 11.4 Å². The highest BCUT2D eigenvalue weighted by Crippen LogP contribution is 2.42. The zero-order valence-electron chi connectivity index (χ0n) is 18.5. The Kier molecular flexibility index (Phi) is 5.48. The molecular formula is C26H25N5OS. The number of hydrogen-bond acceptors (Lipinski definition) is 4. The monoisotopic (exact) mass is 455 g/mol. The molecule has 1 aliphatic heterocycles. The van der Waals surface area contributed by atoms with E-state index in [4.69, 9.17) is 12.2 Å². The van der Waals surface area contributed by atoms with Crippen molar-refractivity contribution >= 4 is 28.7 Å². The van der Waals surface area contributed by atoms with Gasteiger partial charge in [0.15, 0.2) is 5.11 Å². The van der Waals surface area contributed by atoms with Crippen molar-refractivity contribution in [2.24, 2.45) is 0 Å². The topological polar surface area (TPSA) is 56.6 Å². The summed E-state index contributed by atoms with van der Waals surface area (Å²) < 4.78 is 2.20. The molecule has 0 aliphatic carbocycles. The molecule has 2 aromatic heterocycles. The standard InChI is InChI=1S/C26H25N5OS/c1-29(2)18-8-10-19(11-9-18)30-17-5-7-23(30)25-24(22-6-3-4-16-27-22)28-26(33)31(25)20-12-14-21(32)15-13-20/h3-17,24-25,32H,1-2H3,(H,28,33). The van der Waals surface area contributed by atoms with Gasteiger partial charge in [-0.1, -0.05) is 6.07 Å². The molecule has 1 aliphatic rings. The molecule has 1 fully saturated rings. The predicted molar refractivity (Wildman–Crippen MR) is 136 cm³/mol. The van der Waals surface area contributed by atoms with Crippen molar-refractivity contribution < 1.29 is 5.11 Å². The Bertz CT molecular complexity index is 1250. The van der Waals surface area contributed by atoms with Crippen LogP contribution in [0.15, 0.2) is 91.3 Å². The summed E-state index contributed by atoms with van der Waals surface area (Å²) in [5, 5.41) is 13.9. The number of nitrogens with zero attached hydrogens (tertiary/aromatic N) is 4. The minimum Gasteiger partial charge on any atom is -0.508 e. The summed E-state index contributed by atoms with van der Waals surface area (Å²) in [6.45, 7) is 0. The molecule has 1 saturated heterocycles. The van der Waals surface area contributed by atoms with Gasteiger partial charge in [-0.2, -0.15) is 0 Å². The zero-order valence-corrected chi connectivity index (χ0v) is 19.3. The second kappa shape index (κ2) is 8.60. The van der Waals surface area contributed by atoms with Crippen molar-refractivity contribution in [2.45, 2.75) is 12.1 Å². The molecular weight excluding hydrogens is 430 g/mol. The van der Waals surface area contributed by atoms with Gasteiger partial charge in [0, 0.05) is 49.2 Å². The molecule has 3 heterocycles. The predicted octanol–water partition coefficient (Wildman–Crippen LogP) is 4.82. The summed E-state index contributed by atoms with van der Waals surface area (Å²) >= 11 is 5.80. The molecule has 0 saturated carbocycles. The van der Waals surface area contributed by atoms with E-state index in [1.807, 2.05) is 44.4 Å². The molecule has 2 N–H and O–H groups in total. The van der Waals surface area contributed by atoms with Gasteiger partial charge in [0.05, 0.1) is 11.7 Å². The molecule has 166 valence electrons. The largest absolute Gasteiger partial charge is 0.508 e. The first kappa shape index (κ1) is 21.0. The number of thiocarbonyl (C=S) groups is 1. The summed E-state index contributed by atoms with van der Waals surface area (Å²) in [5.74, 6) is 0.221. The lowest BCUT2D eigenvalue weighted by atomic mass is 10.0. The lowest BCUT2D eigenvalue weighted by Gasteiger charge is -2.29. The molecule has 2 aromatic carbocycles. The molecule has 0 bridgehead atoms. The maximum atomic E-state index is 9.81. The van der Waals surface area contributed by atoms with Crippen LogP contribution < -0.4 is 15.1 Å². The van der Waals surface area contributed by atoms with Crippen molar-refractivity contribution in [1.82, 2.24) is 14.9 Å². The van der Waals surface area contributed by atoms with Crippen molar-refractivity contribution in [3.8, 4) is 11.4 Å². The van der Waals surface area contributed by atoms with Crippen LogP contribution in [0.2, 0.25) is 0 Å². The van der Waals surface area contributed by atoms with Gasteiger partial charge < -0.3 is 24.8 Å². The molecule has 0 amide bonds. The molecule has 5 rings (SSSR count). The van der Waals surface area contributed by atoms with Gasteiger partial charge >= 0.3 is 0 Å². The van der Waals surface area contributed by atoms with E-state index < -0.39 is 0 Å². The van der Waals surface area contributed by atoms with Crippen LogP contribution >= 0.6 is 12.2 Å². The Balaban J connectivity index is 1.63. The highest BCUT2D eigenvalue weighted by Gasteiger charge is 2.42. The molecule has 33 heavy (non-hydrogen) atoms. The molecule has 4 aromatic rings. The lowest BCUT2D eigenvalue weighted by molar-refractivity contribution is 0.475. The van der Waals surface area contributed by atoms with Crippen LogP contribution in [0.3, 0.4) is 0 Å². The first-order valence-corrected chi connectivity index (χ1v) is 11.2. The highest BCUT2D eigenvalue weighted by atomic mass is 32.1. The molecule has 6 nitrogen and oxygen atoms in total. The Labute approximate surface area is 198 Å². The quantitative estimate of drug-likeness (QED) is 0.421. The number of aromatic hydroxyl groups is 1. The van der Waals surface area contributed by atoms with E-state index in [-0.39, 0.29) is 17.8 Å². The zero-order chi connectivity index (χ0) is 22.9. The number of anilines is 2. The highest BCUT2D eigenvalue weighted by molar-refractivity contribution is 7.80. The van der Waals surface area contributed by atoms with E-state index in [1.54, 1.807) is 18.3 Å². The third-order valence-corrected chi connectivity index (χ3v) is 6.27. The summed E-state index contributed by atoms with van der Waals surface area (Å²) in [6, 6.07) is 25.5. The van der Waals surface area contributed by atoms with E-state index in [0.29, 0.717) is 5.11 Å². The average Bonchev–Trinajstić information content (AvgIpc) is 3.44. The molecule has 0 radical (unpaired) electrons. The number of benzene rings is 2. The Morgan fingerprint density at radius 1 is 0.909 bits per heavy atom. The van der Waals surface area contributed by atoms with Crippen LogP contribution in [-0.2, 0) is 0 Å².